The minimum absolute atomic E-state index is 0.0254. The van der Waals surface area contributed by atoms with Gasteiger partial charge in [-0.25, -0.2) is 4.98 Å². The number of rotatable bonds is 5. The zero-order valence-corrected chi connectivity index (χ0v) is 16.5. The number of anilines is 1. The van der Waals surface area contributed by atoms with E-state index >= 15 is 0 Å². The van der Waals surface area contributed by atoms with E-state index in [1.165, 1.54) is 16.2 Å². The molecule has 3 heterocycles. The monoisotopic (exact) mass is 388 g/mol. The van der Waals surface area contributed by atoms with Crippen molar-refractivity contribution in [1.29, 1.82) is 0 Å². The lowest BCUT2D eigenvalue weighted by Gasteiger charge is -2.21. The number of amides is 1. The van der Waals surface area contributed by atoms with Gasteiger partial charge < -0.3 is 5.32 Å². The van der Waals surface area contributed by atoms with Crippen LogP contribution in [-0.4, -0.2) is 37.1 Å². The SMILES string of the molecule is CCNc1nc2ccccn2c(=O)c1C=C1SC(=S)N(C(C)CC)C1=O. The fourth-order valence-corrected chi connectivity index (χ4v) is 4.15. The van der Waals surface area contributed by atoms with Crippen molar-refractivity contribution in [1.82, 2.24) is 14.3 Å². The molecule has 2 aromatic heterocycles. The molecule has 1 N–H and O–H groups in total. The molecule has 8 heteroatoms. The number of carbonyl (C=O) groups is 1. The Hall–Kier alpha value is -2.19. The fraction of sp³-hybridized carbons (Fsp3) is 0.333. The molecular formula is C18H20N4O2S2. The molecule has 0 spiro atoms. The van der Waals surface area contributed by atoms with Crippen molar-refractivity contribution in [3.63, 3.8) is 0 Å². The van der Waals surface area contributed by atoms with Crippen LogP contribution in [-0.2, 0) is 4.79 Å². The number of fused-ring (bicyclic) bond motifs is 1. The van der Waals surface area contributed by atoms with Gasteiger partial charge in [-0.1, -0.05) is 37.0 Å². The molecule has 1 aliphatic rings. The molecule has 1 aliphatic heterocycles. The summed E-state index contributed by atoms with van der Waals surface area (Å²) in [6, 6.07) is 5.40. The quantitative estimate of drug-likeness (QED) is 0.627. The Bertz CT molecular complexity index is 967. The van der Waals surface area contributed by atoms with E-state index in [-0.39, 0.29) is 17.5 Å². The summed E-state index contributed by atoms with van der Waals surface area (Å²) in [4.78, 5) is 32.3. The van der Waals surface area contributed by atoms with Gasteiger partial charge in [-0.15, -0.1) is 0 Å². The van der Waals surface area contributed by atoms with E-state index in [1.54, 1.807) is 29.3 Å². The largest absolute Gasteiger partial charge is 0.370 e. The van der Waals surface area contributed by atoms with E-state index in [1.807, 2.05) is 26.8 Å². The summed E-state index contributed by atoms with van der Waals surface area (Å²) >= 11 is 6.59. The number of hydrogen-bond donors (Lipinski definition) is 1. The molecule has 0 aromatic carbocycles. The predicted molar refractivity (Wildman–Crippen MR) is 110 cm³/mol. The highest BCUT2D eigenvalue weighted by atomic mass is 32.2. The number of nitrogens with zero attached hydrogens (tertiary/aromatic N) is 3. The van der Waals surface area contributed by atoms with Gasteiger partial charge in [-0.05, 0) is 38.5 Å². The van der Waals surface area contributed by atoms with E-state index in [2.05, 4.69) is 10.3 Å². The van der Waals surface area contributed by atoms with Gasteiger partial charge in [-0.2, -0.15) is 0 Å². The van der Waals surface area contributed by atoms with E-state index in [0.717, 1.165) is 6.42 Å². The Morgan fingerprint density at radius 3 is 2.81 bits per heavy atom. The molecule has 3 rings (SSSR count). The van der Waals surface area contributed by atoms with Crippen LogP contribution in [0.4, 0.5) is 5.82 Å². The molecule has 1 amide bonds. The van der Waals surface area contributed by atoms with Crippen molar-refractivity contribution in [3.8, 4) is 0 Å². The third-order valence-electron chi connectivity index (χ3n) is 4.24. The molecule has 0 aliphatic carbocycles. The summed E-state index contributed by atoms with van der Waals surface area (Å²) in [6.45, 7) is 6.52. The van der Waals surface area contributed by atoms with E-state index < -0.39 is 0 Å². The van der Waals surface area contributed by atoms with Crippen molar-refractivity contribution in [2.45, 2.75) is 33.2 Å². The molecule has 1 unspecified atom stereocenters. The number of hydrogen-bond acceptors (Lipinski definition) is 6. The van der Waals surface area contributed by atoms with Crippen molar-refractivity contribution in [3.05, 3.63) is 45.2 Å². The third kappa shape index (κ3) is 3.26. The molecular weight excluding hydrogens is 368 g/mol. The van der Waals surface area contributed by atoms with E-state index in [4.69, 9.17) is 12.2 Å². The minimum atomic E-state index is -0.222. The fourth-order valence-electron chi connectivity index (χ4n) is 2.71. The maximum absolute atomic E-state index is 12.9. The Morgan fingerprint density at radius 1 is 1.35 bits per heavy atom. The van der Waals surface area contributed by atoms with Crippen LogP contribution in [0.15, 0.2) is 34.1 Å². The maximum atomic E-state index is 12.9. The second-order valence-electron chi connectivity index (χ2n) is 5.95. The summed E-state index contributed by atoms with van der Waals surface area (Å²) < 4.78 is 2.00. The van der Waals surface area contributed by atoms with Crippen molar-refractivity contribution in [2.24, 2.45) is 0 Å². The minimum Gasteiger partial charge on any atom is -0.370 e. The molecule has 2 aromatic rings. The highest BCUT2D eigenvalue weighted by molar-refractivity contribution is 8.26. The second-order valence-corrected chi connectivity index (χ2v) is 7.62. The molecule has 1 saturated heterocycles. The second kappa shape index (κ2) is 7.59. The topological polar surface area (TPSA) is 66.7 Å². The number of pyridine rings is 1. The van der Waals surface area contributed by atoms with Gasteiger partial charge in [-0.3, -0.25) is 18.9 Å². The molecule has 0 bridgehead atoms. The predicted octanol–water partition coefficient (Wildman–Crippen LogP) is 3.13. The maximum Gasteiger partial charge on any atom is 0.267 e. The summed E-state index contributed by atoms with van der Waals surface area (Å²) in [5.41, 5.74) is 0.693. The van der Waals surface area contributed by atoms with Crippen LogP contribution in [0.1, 0.15) is 32.8 Å². The number of nitrogens with one attached hydrogen (secondary N) is 1. The van der Waals surface area contributed by atoms with Crippen LogP contribution in [0.25, 0.3) is 11.7 Å². The number of thiocarbonyl (C=S) groups is 1. The van der Waals surface area contributed by atoms with Gasteiger partial charge in [0.15, 0.2) is 0 Å². The number of aromatic nitrogens is 2. The number of carbonyl (C=O) groups excluding carboxylic acids is 1. The first-order valence-corrected chi connectivity index (χ1v) is 9.72. The molecule has 0 radical (unpaired) electrons. The highest BCUT2D eigenvalue weighted by Crippen LogP contribution is 2.34. The molecule has 26 heavy (non-hydrogen) atoms. The summed E-state index contributed by atoms with van der Waals surface area (Å²) in [7, 11) is 0. The zero-order chi connectivity index (χ0) is 18.8. The first kappa shape index (κ1) is 18.6. The van der Waals surface area contributed by atoms with Crippen LogP contribution in [0, 0.1) is 0 Å². The molecule has 136 valence electrons. The third-order valence-corrected chi connectivity index (χ3v) is 5.57. The Kier molecular flexibility index (Phi) is 5.43. The lowest BCUT2D eigenvalue weighted by molar-refractivity contribution is -0.123. The van der Waals surface area contributed by atoms with Crippen molar-refractivity contribution < 1.29 is 4.79 Å². The molecule has 1 atom stereocenters. The summed E-state index contributed by atoms with van der Waals surface area (Å²) in [6.07, 6.45) is 4.08. The van der Waals surface area contributed by atoms with Gasteiger partial charge in [0.1, 0.15) is 15.8 Å². The zero-order valence-electron chi connectivity index (χ0n) is 14.9. The molecule has 6 nitrogen and oxygen atoms in total. The van der Waals surface area contributed by atoms with Crippen LogP contribution < -0.4 is 10.9 Å². The van der Waals surface area contributed by atoms with Gasteiger partial charge in [0.05, 0.1) is 10.5 Å². The van der Waals surface area contributed by atoms with E-state index in [0.29, 0.717) is 32.8 Å². The van der Waals surface area contributed by atoms with Gasteiger partial charge in [0.2, 0.25) is 0 Å². The average Bonchev–Trinajstić information content (AvgIpc) is 2.91. The average molecular weight is 389 g/mol. The first-order valence-electron chi connectivity index (χ1n) is 8.50. The summed E-state index contributed by atoms with van der Waals surface area (Å²) in [5, 5.41) is 3.12. The Labute approximate surface area is 161 Å². The van der Waals surface area contributed by atoms with Crippen LogP contribution in [0.3, 0.4) is 0 Å². The van der Waals surface area contributed by atoms with Gasteiger partial charge in [0.25, 0.3) is 11.5 Å². The standard InChI is InChI=1S/C18H20N4O2S2/c1-4-11(3)22-17(24)13(26-18(22)25)10-12-15(19-5-2)20-14-8-6-7-9-21(14)16(12)23/h6-11,19H,4-5H2,1-3H3. The van der Waals surface area contributed by atoms with Crippen LogP contribution >= 0.6 is 24.0 Å². The van der Waals surface area contributed by atoms with E-state index in [9.17, 15) is 9.59 Å². The summed E-state index contributed by atoms with van der Waals surface area (Å²) in [5.74, 6) is 0.312. The highest BCUT2D eigenvalue weighted by Gasteiger charge is 2.35. The number of thioether (sulfide) groups is 1. The van der Waals surface area contributed by atoms with Crippen LogP contribution in [0.2, 0.25) is 0 Å². The molecule has 1 fully saturated rings. The Morgan fingerprint density at radius 2 is 2.12 bits per heavy atom. The van der Waals surface area contributed by atoms with Crippen molar-refractivity contribution in [2.75, 3.05) is 11.9 Å². The van der Waals surface area contributed by atoms with Gasteiger partial charge in [0, 0.05) is 18.8 Å². The lowest BCUT2D eigenvalue weighted by Crippen LogP contribution is -2.36. The van der Waals surface area contributed by atoms with Gasteiger partial charge >= 0.3 is 0 Å². The lowest BCUT2D eigenvalue weighted by atomic mass is 10.2. The Balaban J connectivity index is 2.13. The normalized spacial score (nSPS) is 17.3. The van der Waals surface area contributed by atoms with Crippen molar-refractivity contribution >= 4 is 51.7 Å². The first-order chi connectivity index (χ1) is 12.5. The smallest absolute Gasteiger partial charge is 0.267 e. The molecule has 0 saturated carbocycles. The van der Waals surface area contributed by atoms with Crippen LogP contribution in [0.5, 0.6) is 0 Å².